The van der Waals surface area contributed by atoms with Gasteiger partial charge in [0.05, 0.1) is 12.7 Å². The van der Waals surface area contributed by atoms with Gasteiger partial charge in [-0.3, -0.25) is 9.59 Å². The summed E-state index contributed by atoms with van der Waals surface area (Å²) >= 11 is 0. The zero-order valence-corrected chi connectivity index (χ0v) is 13.7. The van der Waals surface area contributed by atoms with E-state index < -0.39 is 5.97 Å². The van der Waals surface area contributed by atoms with Gasteiger partial charge in [0.15, 0.2) is 12.4 Å². The molecule has 0 aromatic heterocycles. The third-order valence-corrected chi connectivity index (χ3v) is 4.11. The molecule has 0 saturated heterocycles. The molecule has 6 nitrogen and oxygen atoms in total. The van der Waals surface area contributed by atoms with Gasteiger partial charge in [-0.2, -0.15) is 0 Å². The number of fused-ring (bicyclic) bond motifs is 1. The van der Waals surface area contributed by atoms with E-state index in [-0.39, 0.29) is 12.4 Å². The second-order valence-corrected chi connectivity index (χ2v) is 5.62. The van der Waals surface area contributed by atoms with Crippen molar-refractivity contribution < 1.29 is 23.9 Å². The van der Waals surface area contributed by atoms with Gasteiger partial charge >= 0.3 is 5.97 Å². The number of carbonyl (C=O) groups is 3. The summed E-state index contributed by atoms with van der Waals surface area (Å²) in [5, 5.41) is 0. The number of esters is 1. The lowest BCUT2D eigenvalue weighted by molar-refractivity contribution is -0.107. The first-order valence-corrected chi connectivity index (χ1v) is 7.81. The van der Waals surface area contributed by atoms with E-state index in [0.717, 1.165) is 24.1 Å². The summed E-state index contributed by atoms with van der Waals surface area (Å²) in [6, 6.07) is 11.7. The van der Waals surface area contributed by atoms with Crippen molar-refractivity contribution in [3.63, 3.8) is 0 Å². The highest BCUT2D eigenvalue weighted by Gasteiger charge is 2.20. The van der Waals surface area contributed by atoms with Crippen LogP contribution in [0, 0.1) is 0 Å². The van der Waals surface area contributed by atoms with Gasteiger partial charge in [0.25, 0.3) is 0 Å². The molecular weight excluding hydrogens is 322 g/mol. The van der Waals surface area contributed by atoms with E-state index in [4.69, 9.17) is 4.74 Å². The molecule has 1 aliphatic rings. The second-order valence-electron chi connectivity index (χ2n) is 5.62. The van der Waals surface area contributed by atoms with Crippen molar-refractivity contribution in [3.05, 3.63) is 59.2 Å². The van der Waals surface area contributed by atoms with Crippen molar-refractivity contribution >= 4 is 23.9 Å². The van der Waals surface area contributed by atoms with Crippen LogP contribution in [-0.4, -0.2) is 38.4 Å². The SMILES string of the molecule is COC(=O)c1ccc(OCC(=O)c2ccc3c(c2)CCN3C=O)cc1. The van der Waals surface area contributed by atoms with Crippen molar-refractivity contribution in [2.75, 3.05) is 25.2 Å². The number of benzene rings is 2. The molecule has 6 heteroatoms. The van der Waals surface area contributed by atoms with Crippen LogP contribution in [0.3, 0.4) is 0 Å². The van der Waals surface area contributed by atoms with E-state index in [9.17, 15) is 14.4 Å². The smallest absolute Gasteiger partial charge is 0.337 e. The molecule has 0 N–H and O–H groups in total. The Labute approximate surface area is 145 Å². The number of amides is 1. The molecule has 0 saturated carbocycles. The summed E-state index contributed by atoms with van der Waals surface area (Å²) in [4.78, 5) is 36.3. The number of ketones is 1. The average Bonchev–Trinajstić information content (AvgIpc) is 3.08. The Morgan fingerprint density at radius 3 is 2.52 bits per heavy atom. The van der Waals surface area contributed by atoms with E-state index in [0.29, 0.717) is 23.4 Å². The molecule has 25 heavy (non-hydrogen) atoms. The Kier molecular flexibility index (Phi) is 4.79. The number of hydrogen-bond acceptors (Lipinski definition) is 5. The van der Waals surface area contributed by atoms with Gasteiger partial charge in [-0.25, -0.2) is 4.79 Å². The van der Waals surface area contributed by atoms with Crippen molar-refractivity contribution in [3.8, 4) is 5.75 Å². The predicted octanol–water partition coefficient (Wildman–Crippen LogP) is 2.25. The second kappa shape index (κ2) is 7.17. The number of rotatable bonds is 6. The Hall–Kier alpha value is -3.15. The Balaban J connectivity index is 1.63. The largest absolute Gasteiger partial charge is 0.485 e. The maximum Gasteiger partial charge on any atom is 0.337 e. The normalized spacial score (nSPS) is 12.4. The number of hydrogen-bond donors (Lipinski definition) is 0. The van der Waals surface area contributed by atoms with Crippen LogP contribution in [0.4, 0.5) is 5.69 Å². The summed E-state index contributed by atoms with van der Waals surface area (Å²) in [5.74, 6) is -0.0798. The van der Waals surface area contributed by atoms with Crippen molar-refractivity contribution in [1.82, 2.24) is 0 Å². The fraction of sp³-hybridized carbons (Fsp3) is 0.211. The molecule has 0 bridgehead atoms. The van der Waals surface area contributed by atoms with Crippen LogP contribution in [0.15, 0.2) is 42.5 Å². The monoisotopic (exact) mass is 339 g/mol. The maximum atomic E-state index is 12.3. The highest BCUT2D eigenvalue weighted by Crippen LogP contribution is 2.27. The highest BCUT2D eigenvalue weighted by atomic mass is 16.5. The molecule has 2 aromatic rings. The van der Waals surface area contributed by atoms with Gasteiger partial charge < -0.3 is 14.4 Å². The topological polar surface area (TPSA) is 72.9 Å². The maximum absolute atomic E-state index is 12.3. The molecule has 0 spiro atoms. The van der Waals surface area contributed by atoms with Gasteiger partial charge in [-0.15, -0.1) is 0 Å². The lowest BCUT2D eigenvalue weighted by atomic mass is 10.1. The minimum Gasteiger partial charge on any atom is -0.485 e. The fourth-order valence-electron chi connectivity index (χ4n) is 2.75. The van der Waals surface area contributed by atoms with E-state index >= 15 is 0 Å². The molecule has 0 radical (unpaired) electrons. The van der Waals surface area contributed by atoms with Crippen LogP contribution in [0.2, 0.25) is 0 Å². The highest BCUT2D eigenvalue weighted by molar-refractivity contribution is 5.98. The van der Waals surface area contributed by atoms with Crippen molar-refractivity contribution in [2.45, 2.75) is 6.42 Å². The number of ether oxygens (including phenoxy) is 2. The summed E-state index contributed by atoms with van der Waals surface area (Å²) < 4.78 is 10.1. The molecule has 128 valence electrons. The zero-order chi connectivity index (χ0) is 17.8. The molecule has 0 aliphatic carbocycles. The molecular formula is C19H17NO5. The zero-order valence-electron chi connectivity index (χ0n) is 13.7. The van der Waals surface area contributed by atoms with Crippen LogP contribution in [0.25, 0.3) is 0 Å². The number of nitrogens with zero attached hydrogens (tertiary/aromatic N) is 1. The minimum atomic E-state index is -0.426. The van der Waals surface area contributed by atoms with E-state index in [1.54, 1.807) is 41.3 Å². The van der Waals surface area contributed by atoms with Crippen LogP contribution in [-0.2, 0) is 16.0 Å². The van der Waals surface area contributed by atoms with Gasteiger partial charge in [-0.05, 0) is 54.4 Å². The van der Waals surface area contributed by atoms with Gasteiger partial charge in [-0.1, -0.05) is 0 Å². The fourth-order valence-corrected chi connectivity index (χ4v) is 2.75. The number of carbonyl (C=O) groups excluding carboxylic acids is 3. The molecule has 3 rings (SSSR count). The van der Waals surface area contributed by atoms with E-state index in [2.05, 4.69) is 4.74 Å². The van der Waals surface area contributed by atoms with Gasteiger partial charge in [0.2, 0.25) is 6.41 Å². The van der Waals surface area contributed by atoms with Crippen LogP contribution >= 0.6 is 0 Å². The van der Waals surface area contributed by atoms with E-state index in [1.807, 2.05) is 6.07 Å². The number of Topliss-reactive ketones (excluding diaryl/α,β-unsaturated/α-hetero) is 1. The quantitative estimate of drug-likeness (QED) is 0.458. The van der Waals surface area contributed by atoms with Gasteiger partial charge in [0.1, 0.15) is 5.75 Å². The van der Waals surface area contributed by atoms with Crippen LogP contribution in [0.5, 0.6) is 5.75 Å². The first kappa shape index (κ1) is 16.7. The lowest BCUT2D eigenvalue weighted by Crippen LogP contribution is -2.17. The standard InChI is InChI=1S/C19H17NO5/c1-24-19(23)13-2-5-16(6-3-13)25-11-18(22)15-4-7-17-14(10-15)8-9-20(17)12-21/h2-7,10,12H,8-9,11H2,1H3. The number of methoxy groups -OCH3 is 1. The predicted molar refractivity (Wildman–Crippen MR) is 91.2 cm³/mol. The summed E-state index contributed by atoms with van der Waals surface area (Å²) in [7, 11) is 1.32. The summed E-state index contributed by atoms with van der Waals surface area (Å²) in [6.45, 7) is 0.535. The number of anilines is 1. The van der Waals surface area contributed by atoms with Gasteiger partial charge in [0, 0.05) is 17.8 Å². The Morgan fingerprint density at radius 1 is 1.12 bits per heavy atom. The molecule has 0 atom stereocenters. The molecule has 0 unspecified atom stereocenters. The van der Waals surface area contributed by atoms with Crippen molar-refractivity contribution in [2.24, 2.45) is 0 Å². The molecule has 1 amide bonds. The molecule has 2 aromatic carbocycles. The third-order valence-electron chi connectivity index (χ3n) is 4.11. The summed E-state index contributed by atoms with van der Waals surface area (Å²) in [6.07, 6.45) is 1.54. The van der Waals surface area contributed by atoms with Crippen LogP contribution < -0.4 is 9.64 Å². The van der Waals surface area contributed by atoms with Crippen molar-refractivity contribution in [1.29, 1.82) is 0 Å². The summed E-state index contributed by atoms with van der Waals surface area (Å²) in [5.41, 5.74) is 2.81. The first-order valence-electron chi connectivity index (χ1n) is 7.81. The Morgan fingerprint density at radius 2 is 1.84 bits per heavy atom. The Bertz CT molecular complexity index is 813. The average molecular weight is 339 g/mol. The molecule has 1 heterocycles. The molecule has 0 fully saturated rings. The van der Waals surface area contributed by atoms with E-state index in [1.165, 1.54) is 7.11 Å². The minimum absolute atomic E-state index is 0.103. The van der Waals surface area contributed by atoms with Crippen LogP contribution in [0.1, 0.15) is 26.3 Å². The molecule has 1 aliphatic heterocycles. The first-order chi connectivity index (χ1) is 12.1. The lowest BCUT2D eigenvalue weighted by Gasteiger charge is -2.10. The third kappa shape index (κ3) is 3.52.